The summed E-state index contributed by atoms with van der Waals surface area (Å²) in [4.78, 5) is 32.5. The number of aromatic nitrogens is 2. The molecule has 0 aliphatic heterocycles. The lowest BCUT2D eigenvalue weighted by molar-refractivity contribution is -0.127. The summed E-state index contributed by atoms with van der Waals surface area (Å²) >= 11 is 7.56. The number of rotatable bonds is 7. The summed E-state index contributed by atoms with van der Waals surface area (Å²) in [5, 5.41) is 1.55. The first-order valence-corrected chi connectivity index (χ1v) is 11.0. The average molecular weight is 442 g/mol. The molecule has 30 heavy (non-hydrogen) atoms. The third kappa shape index (κ3) is 4.60. The van der Waals surface area contributed by atoms with Gasteiger partial charge in [-0.25, -0.2) is 4.98 Å². The summed E-state index contributed by atoms with van der Waals surface area (Å²) in [6.07, 6.45) is 0. The molecule has 5 nitrogen and oxygen atoms in total. The highest BCUT2D eigenvalue weighted by Gasteiger charge is 2.18. The van der Waals surface area contributed by atoms with E-state index in [0.29, 0.717) is 39.9 Å². The van der Waals surface area contributed by atoms with Gasteiger partial charge in [-0.05, 0) is 50.6 Å². The zero-order valence-corrected chi connectivity index (χ0v) is 18.9. The third-order valence-electron chi connectivity index (χ3n) is 4.74. The van der Waals surface area contributed by atoms with Gasteiger partial charge in [-0.1, -0.05) is 53.7 Å². The molecule has 0 N–H and O–H groups in total. The van der Waals surface area contributed by atoms with Crippen LogP contribution in [-0.2, 0) is 4.79 Å². The second kappa shape index (κ2) is 9.49. The molecule has 0 aliphatic carbocycles. The van der Waals surface area contributed by atoms with Gasteiger partial charge in [0.05, 0.1) is 22.3 Å². The van der Waals surface area contributed by atoms with Crippen molar-refractivity contribution in [1.29, 1.82) is 0 Å². The quantitative estimate of drug-likeness (QED) is 0.298. The SMILES string of the molecule is C=C(C)CN(CC)C(=O)CSc1nc2ccccc2c(=O)n1-c1cccc(Cl)c1C. The van der Waals surface area contributed by atoms with Crippen molar-refractivity contribution in [2.45, 2.75) is 25.9 Å². The summed E-state index contributed by atoms with van der Waals surface area (Å²) in [5.74, 6) is 0.146. The van der Waals surface area contributed by atoms with Crippen LogP contribution in [0.25, 0.3) is 16.6 Å². The lowest BCUT2D eigenvalue weighted by atomic mass is 10.2. The summed E-state index contributed by atoms with van der Waals surface area (Å²) in [7, 11) is 0. The second-order valence-corrected chi connectivity index (χ2v) is 8.44. The number of para-hydroxylation sites is 1. The Morgan fingerprint density at radius 2 is 1.97 bits per heavy atom. The first-order chi connectivity index (χ1) is 14.3. The third-order valence-corrected chi connectivity index (χ3v) is 6.08. The Morgan fingerprint density at radius 3 is 2.67 bits per heavy atom. The lowest BCUT2D eigenvalue weighted by Gasteiger charge is -2.21. The molecule has 0 fully saturated rings. The van der Waals surface area contributed by atoms with Crippen molar-refractivity contribution in [3.63, 3.8) is 0 Å². The fraction of sp³-hybridized carbons (Fsp3) is 0.261. The van der Waals surface area contributed by atoms with Crippen LogP contribution >= 0.6 is 23.4 Å². The molecule has 3 aromatic rings. The maximum absolute atomic E-state index is 13.4. The Bertz CT molecular complexity index is 1170. The van der Waals surface area contributed by atoms with E-state index < -0.39 is 0 Å². The van der Waals surface area contributed by atoms with Crippen LogP contribution in [0.3, 0.4) is 0 Å². The van der Waals surface area contributed by atoms with E-state index in [1.807, 2.05) is 39.0 Å². The molecule has 3 rings (SSSR count). The fourth-order valence-electron chi connectivity index (χ4n) is 3.18. The van der Waals surface area contributed by atoms with Crippen LogP contribution in [0.2, 0.25) is 5.02 Å². The Hall–Kier alpha value is -2.57. The molecule has 0 unspecified atom stereocenters. The van der Waals surface area contributed by atoms with Crippen molar-refractivity contribution in [3.8, 4) is 5.69 Å². The number of nitrogens with zero attached hydrogens (tertiary/aromatic N) is 3. The lowest BCUT2D eigenvalue weighted by Crippen LogP contribution is -2.33. The predicted octanol–water partition coefficient (Wildman–Crippen LogP) is 4.86. The van der Waals surface area contributed by atoms with Crippen LogP contribution in [-0.4, -0.2) is 39.2 Å². The molecule has 0 saturated carbocycles. The van der Waals surface area contributed by atoms with Gasteiger partial charge in [0.15, 0.2) is 5.16 Å². The molecule has 1 amide bonds. The smallest absolute Gasteiger partial charge is 0.266 e. The number of fused-ring (bicyclic) bond motifs is 1. The van der Waals surface area contributed by atoms with Crippen LogP contribution in [0, 0.1) is 6.92 Å². The molecule has 0 atom stereocenters. The Kier molecular flexibility index (Phi) is 7.00. The molecule has 2 aromatic carbocycles. The maximum Gasteiger partial charge on any atom is 0.266 e. The first kappa shape index (κ1) is 22.1. The van der Waals surface area contributed by atoms with E-state index in [-0.39, 0.29) is 17.2 Å². The summed E-state index contributed by atoms with van der Waals surface area (Å²) in [5.41, 5.74) is 2.78. The van der Waals surface area contributed by atoms with Crippen LogP contribution in [0.4, 0.5) is 0 Å². The molecule has 1 aromatic heterocycles. The molecular formula is C23H24ClN3O2S. The van der Waals surface area contributed by atoms with Crippen molar-refractivity contribution in [2.75, 3.05) is 18.8 Å². The van der Waals surface area contributed by atoms with Gasteiger partial charge in [0.1, 0.15) is 0 Å². The van der Waals surface area contributed by atoms with E-state index in [1.165, 1.54) is 11.8 Å². The minimum atomic E-state index is -0.185. The first-order valence-electron chi connectivity index (χ1n) is 9.65. The van der Waals surface area contributed by atoms with E-state index >= 15 is 0 Å². The molecule has 0 bridgehead atoms. The van der Waals surface area contributed by atoms with E-state index in [4.69, 9.17) is 16.6 Å². The minimum Gasteiger partial charge on any atom is -0.338 e. The summed E-state index contributed by atoms with van der Waals surface area (Å²) in [6.45, 7) is 10.7. The number of amides is 1. The highest BCUT2D eigenvalue weighted by Crippen LogP contribution is 2.26. The number of hydrogen-bond donors (Lipinski definition) is 0. The number of benzene rings is 2. The molecule has 0 spiro atoms. The molecule has 156 valence electrons. The normalized spacial score (nSPS) is 10.9. The van der Waals surface area contributed by atoms with Gasteiger partial charge in [-0.2, -0.15) is 0 Å². The Balaban J connectivity index is 2.07. The van der Waals surface area contributed by atoms with Crippen molar-refractivity contribution < 1.29 is 4.79 Å². The van der Waals surface area contributed by atoms with Gasteiger partial charge in [0.25, 0.3) is 5.56 Å². The van der Waals surface area contributed by atoms with Crippen LogP contribution in [0.5, 0.6) is 0 Å². The average Bonchev–Trinajstić information content (AvgIpc) is 2.72. The standard InChI is InChI=1S/C23H24ClN3O2S/c1-5-26(13-15(2)3)21(28)14-30-23-25-19-11-7-6-9-17(19)22(29)27(23)20-12-8-10-18(24)16(20)4/h6-12H,2,5,13-14H2,1,3-4H3. The Labute approximate surface area is 185 Å². The van der Waals surface area contributed by atoms with Crippen LogP contribution in [0.15, 0.2) is 64.6 Å². The second-order valence-electron chi connectivity index (χ2n) is 7.09. The molecule has 0 radical (unpaired) electrons. The van der Waals surface area contributed by atoms with Crippen molar-refractivity contribution in [3.05, 3.63) is 75.6 Å². The molecule has 7 heteroatoms. The molecular weight excluding hydrogens is 418 g/mol. The molecule has 0 saturated heterocycles. The molecule has 1 heterocycles. The largest absolute Gasteiger partial charge is 0.338 e. The van der Waals surface area contributed by atoms with Crippen molar-refractivity contribution in [2.24, 2.45) is 0 Å². The van der Waals surface area contributed by atoms with Gasteiger partial charge < -0.3 is 4.90 Å². The summed E-state index contributed by atoms with van der Waals surface area (Å²) in [6, 6.07) is 12.6. The van der Waals surface area contributed by atoms with E-state index in [2.05, 4.69) is 6.58 Å². The fourth-order valence-corrected chi connectivity index (χ4v) is 4.26. The van der Waals surface area contributed by atoms with Gasteiger partial charge in [0.2, 0.25) is 5.91 Å². The van der Waals surface area contributed by atoms with Crippen LogP contribution < -0.4 is 5.56 Å². The highest BCUT2D eigenvalue weighted by molar-refractivity contribution is 7.99. The van der Waals surface area contributed by atoms with E-state index in [1.54, 1.807) is 33.7 Å². The zero-order chi connectivity index (χ0) is 21.8. The minimum absolute atomic E-state index is 0.0257. The van der Waals surface area contributed by atoms with Gasteiger partial charge in [0, 0.05) is 18.1 Å². The number of carbonyl (C=O) groups is 1. The van der Waals surface area contributed by atoms with Crippen molar-refractivity contribution >= 4 is 40.2 Å². The number of halogens is 1. The van der Waals surface area contributed by atoms with E-state index in [9.17, 15) is 9.59 Å². The number of hydrogen-bond acceptors (Lipinski definition) is 4. The Morgan fingerprint density at radius 1 is 1.23 bits per heavy atom. The number of likely N-dealkylation sites (N-methyl/N-ethyl adjacent to an activating group) is 1. The number of carbonyl (C=O) groups excluding carboxylic acids is 1. The predicted molar refractivity (Wildman–Crippen MR) is 125 cm³/mol. The van der Waals surface area contributed by atoms with Crippen molar-refractivity contribution in [1.82, 2.24) is 14.5 Å². The van der Waals surface area contributed by atoms with Gasteiger partial charge in [-0.15, -0.1) is 0 Å². The summed E-state index contributed by atoms with van der Waals surface area (Å²) < 4.78 is 1.55. The highest BCUT2D eigenvalue weighted by atomic mass is 35.5. The van der Waals surface area contributed by atoms with E-state index in [0.717, 1.165) is 11.1 Å². The van der Waals surface area contributed by atoms with Crippen LogP contribution in [0.1, 0.15) is 19.4 Å². The number of thioether (sulfide) groups is 1. The monoisotopic (exact) mass is 441 g/mol. The van der Waals surface area contributed by atoms with Gasteiger partial charge >= 0.3 is 0 Å². The van der Waals surface area contributed by atoms with Gasteiger partial charge in [-0.3, -0.25) is 14.2 Å². The maximum atomic E-state index is 13.4. The zero-order valence-electron chi connectivity index (χ0n) is 17.3. The molecule has 0 aliphatic rings. The topological polar surface area (TPSA) is 55.2 Å².